The van der Waals surface area contributed by atoms with Gasteiger partial charge in [-0.05, 0) is 20.8 Å². The molecule has 0 aliphatic heterocycles. The van der Waals surface area contributed by atoms with Gasteiger partial charge in [-0.25, -0.2) is 0 Å². The smallest absolute Gasteiger partial charge is 0.220 e. The third-order valence-electron chi connectivity index (χ3n) is 3.08. The van der Waals surface area contributed by atoms with Gasteiger partial charge in [0.15, 0.2) is 0 Å². The van der Waals surface area contributed by atoms with Gasteiger partial charge in [-0.1, -0.05) is 13.8 Å². The first-order valence-electron chi connectivity index (χ1n) is 8.42. The Balaban J connectivity index is 3.33. The molecule has 6 nitrogen and oxygen atoms in total. The van der Waals surface area contributed by atoms with Crippen LogP contribution in [0.4, 0.5) is 0 Å². The Labute approximate surface area is 140 Å². The molecule has 0 radical (unpaired) electrons. The van der Waals surface area contributed by atoms with Crippen LogP contribution in [0.25, 0.3) is 0 Å². The summed E-state index contributed by atoms with van der Waals surface area (Å²) in [6, 6.07) is 0. The molecule has 2 N–H and O–H groups in total. The van der Waals surface area contributed by atoms with Crippen LogP contribution in [0.5, 0.6) is 0 Å². The highest BCUT2D eigenvalue weighted by Gasteiger charge is 2.09. The lowest BCUT2D eigenvalue weighted by Crippen LogP contribution is -2.38. The molecule has 0 aliphatic carbocycles. The van der Waals surface area contributed by atoms with Gasteiger partial charge in [0.05, 0.1) is 26.4 Å². The molecule has 6 heteroatoms. The lowest BCUT2D eigenvalue weighted by atomic mass is 10.0. The normalized spacial score (nSPS) is 11.7. The van der Waals surface area contributed by atoms with E-state index in [4.69, 9.17) is 9.47 Å². The van der Waals surface area contributed by atoms with Crippen LogP contribution in [0.2, 0.25) is 0 Å². The van der Waals surface area contributed by atoms with Crippen LogP contribution < -0.4 is 10.6 Å². The molecule has 0 saturated carbocycles. The number of carbonyl (C=O) groups is 2. The summed E-state index contributed by atoms with van der Waals surface area (Å²) in [5, 5.41) is 6.07. The van der Waals surface area contributed by atoms with Gasteiger partial charge in [-0.2, -0.15) is 0 Å². The van der Waals surface area contributed by atoms with Crippen molar-refractivity contribution in [3.05, 3.63) is 0 Å². The van der Waals surface area contributed by atoms with E-state index in [0.29, 0.717) is 39.4 Å². The molecule has 0 aromatic rings. The van der Waals surface area contributed by atoms with Crippen LogP contribution in [0.3, 0.4) is 0 Å². The first kappa shape index (κ1) is 22.0. The summed E-state index contributed by atoms with van der Waals surface area (Å²) in [4.78, 5) is 22.9. The summed E-state index contributed by atoms with van der Waals surface area (Å²) in [5.41, 5.74) is 0.109. The van der Waals surface area contributed by atoms with E-state index in [1.54, 1.807) is 0 Å². The van der Waals surface area contributed by atoms with Crippen LogP contribution in [0.15, 0.2) is 0 Å². The molecule has 0 bridgehead atoms. The monoisotopic (exact) mass is 330 g/mol. The Hall–Kier alpha value is -0.980. The summed E-state index contributed by atoms with van der Waals surface area (Å²) in [5.74, 6) is 0.00587. The van der Waals surface area contributed by atoms with E-state index in [-0.39, 0.29) is 29.6 Å². The first-order valence-corrected chi connectivity index (χ1v) is 8.42. The average Bonchev–Trinajstić information content (AvgIpc) is 2.45. The van der Waals surface area contributed by atoms with Crippen molar-refractivity contribution in [1.29, 1.82) is 0 Å². The fourth-order valence-corrected chi connectivity index (χ4v) is 1.70. The van der Waals surface area contributed by atoms with Crippen LogP contribution in [-0.2, 0) is 19.1 Å². The number of ether oxygens (including phenoxy) is 2. The van der Waals surface area contributed by atoms with Gasteiger partial charge in [0, 0.05) is 37.4 Å². The van der Waals surface area contributed by atoms with Crippen molar-refractivity contribution in [2.45, 2.75) is 53.0 Å². The molecule has 0 spiro atoms. The van der Waals surface area contributed by atoms with Crippen molar-refractivity contribution >= 4 is 11.7 Å². The lowest BCUT2D eigenvalue weighted by molar-refractivity contribution is -0.126. The predicted octanol–water partition coefficient (Wildman–Crippen LogP) is 1.53. The Bertz CT molecular complexity index is 338. The molecule has 23 heavy (non-hydrogen) atoms. The van der Waals surface area contributed by atoms with Crippen molar-refractivity contribution in [3.63, 3.8) is 0 Å². The zero-order valence-corrected chi connectivity index (χ0v) is 15.4. The maximum atomic E-state index is 11.5. The number of hydrogen-bond donors (Lipinski definition) is 2. The summed E-state index contributed by atoms with van der Waals surface area (Å²) in [7, 11) is 0. The van der Waals surface area contributed by atoms with Crippen molar-refractivity contribution in [1.82, 2.24) is 10.6 Å². The summed E-state index contributed by atoms with van der Waals surface area (Å²) in [6.45, 7) is 13.5. The van der Waals surface area contributed by atoms with Gasteiger partial charge in [0.25, 0.3) is 0 Å². The second kappa shape index (κ2) is 12.4. The molecule has 0 rings (SSSR count). The van der Waals surface area contributed by atoms with E-state index < -0.39 is 0 Å². The minimum absolute atomic E-state index is 0.00951. The standard InChI is InChI=1S/C17H34N2O4/c1-14(2)15(20)6-7-16(21)18-8-10-22-12-13-23-11-9-19-17(3,4)5/h14,19H,6-13H2,1-5H3,(H,18,21). The maximum Gasteiger partial charge on any atom is 0.220 e. The maximum absolute atomic E-state index is 11.5. The van der Waals surface area contributed by atoms with E-state index >= 15 is 0 Å². The number of rotatable bonds is 13. The third kappa shape index (κ3) is 15.7. The highest BCUT2D eigenvalue weighted by atomic mass is 16.5. The van der Waals surface area contributed by atoms with Crippen LogP contribution in [-0.4, -0.2) is 56.7 Å². The number of hydrogen-bond acceptors (Lipinski definition) is 5. The van der Waals surface area contributed by atoms with Crippen molar-refractivity contribution in [2.75, 3.05) is 39.5 Å². The number of carbonyl (C=O) groups excluding carboxylic acids is 2. The fourth-order valence-electron chi connectivity index (χ4n) is 1.70. The van der Waals surface area contributed by atoms with Gasteiger partial charge in [0.2, 0.25) is 5.91 Å². The zero-order valence-electron chi connectivity index (χ0n) is 15.4. The molecule has 0 aromatic carbocycles. The molecule has 0 fully saturated rings. The Kier molecular flexibility index (Phi) is 11.9. The number of Topliss-reactive ketones (excluding diaryl/α,β-unsaturated/α-hetero) is 1. The van der Waals surface area contributed by atoms with E-state index in [1.165, 1.54) is 0 Å². The second-order valence-corrected chi connectivity index (χ2v) is 6.87. The van der Waals surface area contributed by atoms with E-state index in [2.05, 4.69) is 31.4 Å². The van der Waals surface area contributed by atoms with E-state index in [1.807, 2.05) is 13.8 Å². The van der Waals surface area contributed by atoms with Crippen molar-refractivity contribution < 1.29 is 19.1 Å². The van der Waals surface area contributed by atoms with E-state index in [0.717, 1.165) is 6.54 Å². The van der Waals surface area contributed by atoms with Gasteiger partial charge >= 0.3 is 0 Å². The Morgan fingerprint density at radius 2 is 1.48 bits per heavy atom. The van der Waals surface area contributed by atoms with Crippen molar-refractivity contribution in [2.24, 2.45) is 5.92 Å². The minimum atomic E-state index is -0.105. The van der Waals surface area contributed by atoms with Gasteiger partial charge < -0.3 is 20.1 Å². The SMILES string of the molecule is CC(C)C(=O)CCC(=O)NCCOCCOCCNC(C)(C)C. The number of amides is 1. The molecule has 1 amide bonds. The predicted molar refractivity (Wildman–Crippen MR) is 91.5 cm³/mol. The molecule has 0 aliphatic rings. The summed E-state index contributed by atoms with van der Waals surface area (Å²) >= 11 is 0. The molecule has 0 saturated heterocycles. The van der Waals surface area contributed by atoms with Gasteiger partial charge in [-0.3, -0.25) is 9.59 Å². The molecule has 136 valence electrons. The summed E-state index contributed by atoms with van der Waals surface area (Å²) in [6.07, 6.45) is 0.557. The largest absolute Gasteiger partial charge is 0.378 e. The van der Waals surface area contributed by atoms with Crippen LogP contribution in [0.1, 0.15) is 47.5 Å². The minimum Gasteiger partial charge on any atom is -0.378 e. The molecule has 0 aromatic heterocycles. The van der Waals surface area contributed by atoms with Crippen LogP contribution in [0, 0.1) is 5.92 Å². The third-order valence-corrected chi connectivity index (χ3v) is 3.08. The molecular formula is C17H34N2O4. The van der Waals surface area contributed by atoms with Gasteiger partial charge in [0.1, 0.15) is 5.78 Å². The fraction of sp³-hybridized carbons (Fsp3) is 0.882. The highest BCUT2D eigenvalue weighted by molar-refractivity contribution is 5.85. The quantitative estimate of drug-likeness (QED) is 0.501. The zero-order chi connectivity index (χ0) is 17.7. The molecule has 0 heterocycles. The topological polar surface area (TPSA) is 76.7 Å². The average molecular weight is 330 g/mol. The second-order valence-electron chi connectivity index (χ2n) is 6.87. The molecule has 0 unspecified atom stereocenters. The molecule has 0 atom stereocenters. The molecular weight excluding hydrogens is 296 g/mol. The van der Waals surface area contributed by atoms with Crippen molar-refractivity contribution in [3.8, 4) is 0 Å². The number of nitrogens with one attached hydrogen (secondary N) is 2. The summed E-state index contributed by atoms with van der Waals surface area (Å²) < 4.78 is 10.8. The Morgan fingerprint density at radius 1 is 0.913 bits per heavy atom. The van der Waals surface area contributed by atoms with Gasteiger partial charge in [-0.15, -0.1) is 0 Å². The Morgan fingerprint density at radius 3 is 2.00 bits per heavy atom. The lowest BCUT2D eigenvalue weighted by Gasteiger charge is -2.20. The highest BCUT2D eigenvalue weighted by Crippen LogP contribution is 2.01. The van der Waals surface area contributed by atoms with Crippen LogP contribution >= 0.6 is 0 Å². The first-order chi connectivity index (χ1) is 10.7. The number of ketones is 1. The van der Waals surface area contributed by atoms with E-state index in [9.17, 15) is 9.59 Å².